The van der Waals surface area contributed by atoms with Gasteiger partial charge in [0.15, 0.2) is 0 Å². The third-order valence-electron chi connectivity index (χ3n) is 3.80. The van der Waals surface area contributed by atoms with E-state index >= 15 is 0 Å². The van der Waals surface area contributed by atoms with Crippen LogP contribution in [0.2, 0.25) is 0 Å². The van der Waals surface area contributed by atoms with Gasteiger partial charge in [0.2, 0.25) is 0 Å². The van der Waals surface area contributed by atoms with Crippen LogP contribution in [0.5, 0.6) is 5.75 Å². The van der Waals surface area contributed by atoms with E-state index in [0.29, 0.717) is 23.6 Å². The average molecular weight is 363 g/mol. The Labute approximate surface area is 158 Å². The predicted molar refractivity (Wildman–Crippen MR) is 108 cm³/mol. The number of hydrogen-bond donors (Lipinski definition) is 1. The number of ether oxygens (including phenoxy) is 1. The van der Waals surface area contributed by atoms with E-state index in [1.807, 2.05) is 73.7 Å². The molecule has 0 aromatic heterocycles. The molecular weight excluding hydrogens is 342 g/mol. The Kier molecular flexibility index (Phi) is 6.34. The molecule has 0 spiro atoms. The van der Waals surface area contributed by atoms with E-state index in [0.717, 1.165) is 5.75 Å². The summed E-state index contributed by atoms with van der Waals surface area (Å²) in [5.41, 5.74) is 2.50. The first-order valence-electron chi connectivity index (χ1n) is 8.56. The standard InChI is InChI=1S/C22H21NO2S/c1-2-25-21-11-7-6-10-20(21)23-22(24)18-14-12-17(13-15-18)16-26-19-8-4-3-5-9-19/h3-15H,2,16H2,1H3,(H,23,24). The van der Waals surface area contributed by atoms with Gasteiger partial charge in [-0.3, -0.25) is 4.79 Å². The molecule has 0 fully saturated rings. The molecule has 26 heavy (non-hydrogen) atoms. The van der Waals surface area contributed by atoms with Crippen molar-refractivity contribution in [2.24, 2.45) is 0 Å². The SMILES string of the molecule is CCOc1ccccc1NC(=O)c1ccc(CSc2ccccc2)cc1. The summed E-state index contributed by atoms with van der Waals surface area (Å²) in [7, 11) is 0. The van der Waals surface area contributed by atoms with Gasteiger partial charge in [-0.25, -0.2) is 0 Å². The maximum absolute atomic E-state index is 12.5. The third-order valence-corrected chi connectivity index (χ3v) is 4.88. The fourth-order valence-corrected chi connectivity index (χ4v) is 3.36. The van der Waals surface area contributed by atoms with E-state index in [4.69, 9.17) is 4.74 Å². The summed E-state index contributed by atoms with van der Waals surface area (Å²) in [4.78, 5) is 13.7. The zero-order chi connectivity index (χ0) is 18.2. The highest BCUT2D eigenvalue weighted by Gasteiger charge is 2.09. The zero-order valence-corrected chi connectivity index (χ0v) is 15.5. The normalized spacial score (nSPS) is 10.3. The summed E-state index contributed by atoms with van der Waals surface area (Å²) in [6, 6.07) is 25.5. The zero-order valence-electron chi connectivity index (χ0n) is 14.6. The lowest BCUT2D eigenvalue weighted by atomic mass is 10.1. The maximum atomic E-state index is 12.5. The van der Waals surface area contributed by atoms with Gasteiger partial charge < -0.3 is 10.1 Å². The van der Waals surface area contributed by atoms with Crippen LogP contribution in [0.1, 0.15) is 22.8 Å². The Hall–Kier alpha value is -2.72. The van der Waals surface area contributed by atoms with Crippen LogP contribution in [0.3, 0.4) is 0 Å². The molecule has 0 aliphatic rings. The van der Waals surface area contributed by atoms with Crippen LogP contribution in [-0.4, -0.2) is 12.5 Å². The van der Waals surface area contributed by atoms with Crippen molar-refractivity contribution in [3.63, 3.8) is 0 Å². The second-order valence-electron chi connectivity index (χ2n) is 5.68. The minimum atomic E-state index is -0.139. The topological polar surface area (TPSA) is 38.3 Å². The summed E-state index contributed by atoms with van der Waals surface area (Å²) < 4.78 is 5.55. The number of carbonyl (C=O) groups excluding carboxylic acids is 1. The van der Waals surface area contributed by atoms with Crippen LogP contribution >= 0.6 is 11.8 Å². The van der Waals surface area contributed by atoms with Crippen molar-refractivity contribution in [1.29, 1.82) is 0 Å². The largest absolute Gasteiger partial charge is 0.492 e. The number of para-hydroxylation sites is 2. The molecule has 132 valence electrons. The second kappa shape index (κ2) is 9.11. The van der Waals surface area contributed by atoms with Crippen molar-refractivity contribution in [2.45, 2.75) is 17.6 Å². The molecule has 1 N–H and O–H groups in total. The van der Waals surface area contributed by atoms with Crippen LogP contribution in [-0.2, 0) is 5.75 Å². The molecule has 3 aromatic rings. The molecule has 0 radical (unpaired) electrons. The highest BCUT2D eigenvalue weighted by molar-refractivity contribution is 7.98. The predicted octanol–water partition coefficient (Wildman–Crippen LogP) is 5.63. The molecule has 1 amide bonds. The lowest BCUT2D eigenvalue weighted by Gasteiger charge is -2.11. The van der Waals surface area contributed by atoms with Crippen molar-refractivity contribution in [3.05, 3.63) is 90.0 Å². The minimum Gasteiger partial charge on any atom is -0.492 e. The fourth-order valence-electron chi connectivity index (χ4n) is 2.48. The highest BCUT2D eigenvalue weighted by Crippen LogP contribution is 2.25. The van der Waals surface area contributed by atoms with Gasteiger partial charge in [0.05, 0.1) is 12.3 Å². The minimum absolute atomic E-state index is 0.139. The van der Waals surface area contributed by atoms with Crippen LogP contribution in [0.25, 0.3) is 0 Å². The van der Waals surface area contributed by atoms with Gasteiger partial charge in [0.25, 0.3) is 5.91 Å². The first-order valence-corrected chi connectivity index (χ1v) is 9.55. The van der Waals surface area contributed by atoms with Gasteiger partial charge in [-0.2, -0.15) is 0 Å². The smallest absolute Gasteiger partial charge is 0.255 e. The molecule has 0 unspecified atom stereocenters. The number of hydrogen-bond acceptors (Lipinski definition) is 3. The van der Waals surface area contributed by atoms with E-state index in [9.17, 15) is 4.79 Å². The molecule has 0 saturated carbocycles. The van der Waals surface area contributed by atoms with Gasteiger partial charge in [-0.1, -0.05) is 42.5 Å². The molecule has 3 aromatic carbocycles. The highest BCUT2D eigenvalue weighted by atomic mass is 32.2. The van der Waals surface area contributed by atoms with Crippen molar-refractivity contribution in [1.82, 2.24) is 0 Å². The third kappa shape index (κ3) is 4.90. The van der Waals surface area contributed by atoms with Crippen LogP contribution < -0.4 is 10.1 Å². The molecule has 0 bridgehead atoms. The number of benzene rings is 3. The Morgan fingerprint density at radius 3 is 2.35 bits per heavy atom. The van der Waals surface area contributed by atoms with Gasteiger partial charge in [-0.05, 0) is 48.9 Å². The molecule has 0 atom stereocenters. The number of carbonyl (C=O) groups is 1. The molecule has 4 heteroatoms. The van der Waals surface area contributed by atoms with E-state index in [1.165, 1.54) is 10.5 Å². The number of thioether (sulfide) groups is 1. The van der Waals surface area contributed by atoms with Crippen LogP contribution in [0, 0.1) is 0 Å². The van der Waals surface area contributed by atoms with Gasteiger partial charge in [0, 0.05) is 16.2 Å². The Balaban J connectivity index is 1.62. The molecule has 0 aliphatic heterocycles. The summed E-state index contributed by atoms with van der Waals surface area (Å²) in [5, 5.41) is 2.92. The first-order chi connectivity index (χ1) is 12.8. The van der Waals surface area contributed by atoms with E-state index < -0.39 is 0 Å². The Bertz CT molecular complexity index is 848. The fraction of sp³-hybridized carbons (Fsp3) is 0.136. The maximum Gasteiger partial charge on any atom is 0.255 e. The van der Waals surface area contributed by atoms with Crippen molar-refractivity contribution < 1.29 is 9.53 Å². The monoisotopic (exact) mass is 363 g/mol. The molecule has 3 rings (SSSR count). The van der Waals surface area contributed by atoms with Crippen LogP contribution in [0.15, 0.2) is 83.8 Å². The number of nitrogens with one attached hydrogen (secondary N) is 1. The first kappa shape index (κ1) is 18.1. The number of rotatable bonds is 7. The quantitative estimate of drug-likeness (QED) is 0.553. The van der Waals surface area contributed by atoms with Gasteiger partial charge >= 0.3 is 0 Å². The van der Waals surface area contributed by atoms with E-state index in [2.05, 4.69) is 17.4 Å². The molecular formula is C22H21NO2S. The molecule has 0 saturated heterocycles. The molecule has 3 nitrogen and oxygen atoms in total. The summed E-state index contributed by atoms with van der Waals surface area (Å²) >= 11 is 1.78. The van der Waals surface area contributed by atoms with Gasteiger partial charge in [-0.15, -0.1) is 11.8 Å². The number of amides is 1. The van der Waals surface area contributed by atoms with Gasteiger partial charge in [0.1, 0.15) is 5.75 Å². The Morgan fingerprint density at radius 1 is 0.923 bits per heavy atom. The van der Waals surface area contributed by atoms with Crippen LogP contribution in [0.4, 0.5) is 5.69 Å². The lowest BCUT2D eigenvalue weighted by molar-refractivity contribution is 0.102. The molecule has 0 aliphatic carbocycles. The average Bonchev–Trinajstić information content (AvgIpc) is 2.69. The summed E-state index contributed by atoms with van der Waals surface area (Å²) in [6.45, 7) is 2.48. The second-order valence-corrected chi connectivity index (χ2v) is 6.73. The van der Waals surface area contributed by atoms with Crippen molar-refractivity contribution in [3.8, 4) is 5.75 Å². The summed E-state index contributed by atoms with van der Waals surface area (Å²) in [5.74, 6) is 1.41. The summed E-state index contributed by atoms with van der Waals surface area (Å²) in [6.07, 6.45) is 0. The Morgan fingerprint density at radius 2 is 1.62 bits per heavy atom. The lowest BCUT2D eigenvalue weighted by Crippen LogP contribution is -2.12. The molecule has 0 heterocycles. The van der Waals surface area contributed by atoms with Crippen molar-refractivity contribution in [2.75, 3.05) is 11.9 Å². The van der Waals surface area contributed by atoms with E-state index in [-0.39, 0.29) is 5.91 Å². The number of anilines is 1. The van der Waals surface area contributed by atoms with Crippen molar-refractivity contribution >= 4 is 23.4 Å². The van der Waals surface area contributed by atoms with E-state index in [1.54, 1.807) is 11.8 Å².